The lowest BCUT2D eigenvalue weighted by molar-refractivity contribution is 0.1000. The fourth-order valence-electron chi connectivity index (χ4n) is 2.37. The number of nitrogens with two attached hydrogens (primary N) is 1. The number of fused-ring (bicyclic) bond motifs is 1. The molecule has 7 nitrogen and oxygen atoms in total. The molecule has 0 saturated carbocycles. The number of nitrogens with zero attached hydrogens (tertiary/aromatic N) is 4. The van der Waals surface area contributed by atoms with Crippen molar-refractivity contribution in [1.29, 1.82) is 0 Å². The van der Waals surface area contributed by atoms with Crippen molar-refractivity contribution in [2.24, 2.45) is 5.73 Å². The third-order valence-corrected chi connectivity index (χ3v) is 4.15. The maximum absolute atomic E-state index is 14.3. The van der Waals surface area contributed by atoms with Gasteiger partial charge in [0, 0.05) is 24.2 Å². The van der Waals surface area contributed by atoms with Crippen molar-refractivity contribution in [1.82, 2.24) is 19.6 Å². The van der Waals surface area contributed by atoms with Crippen LogP contribution in [0.4, 0.5) is 10.1 Å². The Morgan fingerprint density at radius 1 is 1.36 bits per heavy atom. The summed E-state index contributed by atoms with van der Waals surface area (Å²) in [4.78, 5) is 20.1. The molecule has 3 aromatic heterocycles. The van der Waals surface area contributed by atoms with Crippen LogP contribution in [-0.4, -0.2) is 37.2 Å². The Morgan fingerprint density at radius 3 is 2.72 bits per heavy atom. The number of primary amides is 1. The highest BCUT2D eigenvalue weighted by Crippen LogP contribution is 2.29. The first-order valence-electron chi connectivity index (χ1n) is 7.80. The van der Waals surface area contributed by atoms with E-state index in [0.717, 1.165) is 5.56 Å². The van der Waals surface area contributed by atoms with Crippen LogP contribution in [0.5, 0.6) is 0 Å². The number of rotatable bonds is 5. The molecule has 0 aliphatic heterocycles. The molecule has 8 heteroatoms. The SMILES string of the molecule is CC(Nc1c(C(N)=O)cnn2cc(-c3cnccn3)cc12)C(C)(C)F. The van der Waals surface area contributed by atoms with Crippen LogP contribution in [-0.2, 0) is 0 Å². The van der Waals surface area contributed by atoms with Gasteiger partial charge in [-0.25, -0.2) is 8.91 Å². The van der Waals surface area contributed by atoms with Gasteiger partial charge in [-0.05, 0) is 26.8 Å². The minimum atomic E-state index is -1.49. The number of anilines is 1. The molecule has 0 aromatic carbocycles. The second-order valence-electron chi connectivity index (χ2n) is 6.38. The van der Waals surface area contributed by atoms with Gasteiger partial charge in [-0.2, -0.15) is 5.10 Å². The summed E-state index contributed by atoms with van der Waals surface area (Å²) < 4.78 is 15.8. The number of hydrogen-bond donors (Lipinski definition) is 2. The molecule has 130 valence electrons. The molecule has 1 amide bonds. The van der Waals surface area contributed by atoms with E-state index in [4.69, 9.17) is 5.73 Å². The van der Waals surface area contributed by atoms with Gasteiger partial charge < -0.3 is 11.1 Å². The van der Waals surface area contributed by atoms with Crippen LogP contribution in [0.25, 0.3) is 16.8 Å². The molecule has 3 rings (SSSR count). The summed E-state index contributed by atoms with van der Waals surface area (Å²) in [5, 5.41) is 7.28. The highest BCUT2D eigenvalue weighted by atomic mass is 19.1. The number of amides is 1. The average Bonchev–Trinajstić information content (AvgIpc) is 2.99. The van der Waals surface area contributed by atoms with Gasteiger partial charge >= 0.3 is 0 Å². The van der Waals surface area contributed by atoms with Gasteiger partial charge in [-0.3, -0.25) is 14.8 Å². The Hall–Kier alpha value is -3.03. The number of halogens is 1. The topological polar surface area (TPSA) is 98.2 Å². The van der Waals surface area contributed by atoms with Crippen molar-refractivity contribution in [3.8, 4) is 11.3 Å². The van der Waals surface area contributed by atoms with Gasteiger partial charge in [0.15, 0.2) is 0 Å². The van der Waals surface area contributed by atoms with Crippen molar-refractivity contribution in [2.45, 2.75) is 32.5 Å². The van der Waals surface area contributed by atoms with Gasteiger partial charge in [0.2, 0.25) is 0 Å². The Bertz CT molecular complexity index is 916. The average molecular weight is 342 g/mol. The Kier molecular flexibility index (Phi) is 4.12. The number of carbonyl (C=O) groups excluding carboxylic acids is 1. The lowest BCUT2D eigenvalue weighted by atomic mass is 10.0. The molecule has 3 N–H and O–H groups in total. The number of hydrogen-bond acceptors (Lipinski definition) is 5. The second-order valence-corrected chi connectivity index (χ2v) is 6.38. The van der Waals surface area contributed by atoms with E-state index in [-0.39, 0.29) is 5.56 Å². The number of aromatic nitrogens is 4. The number of nitrogens with one attached hydrogen (secondary N) is 1. The van der Waals surface area contributed by atoms with E-state index in [9.17, 15) is 9.18 Å². The maximum Gasteiger partial charge on any atom is 0.252 e. The summed E-state index contributed by atoms with van der Waals surface area (Å²) in [6, 6.07) is 1.26. The van der Waals surface area contributed by atoms with Crippen molar-refractivity contribution in [3.05, 3.63) is 42.6 Å². The third-order valence-electron chi connectivity index (χ3n) is 4.15. The molecular weight excluding hydrogens is 323 g/mol. The van der Waals surface area contributed by atoms with Gasteiger partial charge in [0.25, 0.3) is 5.91 Å². The van der Waals surface area contributed by atoms with Gasteiger partial charge in [0.05, 0.1) is 40.9 Å². The summed E-state index contributed by atoms with van der Waals surface area (Å²) in [5.74, 6) is -0.636. The van der Waals surface area contributed by atoms with Crippen molar-refractivity contribution in [2.75, 3.05) is 5.32 Å². The van der Waals surface area contributed by atoms with E-state index in [1.165, 1.54) is 20.0 Å². The van der Waals surface area contributed by atoms with E-state index in [1.807, 2.05) is 6.07 Å². The number of alkyl halides is 1. The first-order chi connectivity index (χ1) is 11.8. The summed E-state index contributed by atoms with van der Waals surface area (Å²) in [6.07, 6.45) is 7.94. The molecule has 3 heterocycles. The second kappa shape index (κ2) is 6.12. The summed E-state index contributed by atoms with van der Waals surface area (Å²) in [5.41, 5.74) is 6.66. The molecule has 0 spiro atoms. The predicted octanol–water partition coefficient (Wildman–Crippen LogP) is 2.44. The molecule has 0 fully saturated rings. The molecule has 0 aliphatic carbocycles. The molecule has 1 atom stereocenters. The smallest absolute Gasteiger partial charge is 0.252 e. The third kappa shape index (κ3) is 3.28. The highest BCUT2D eigenvalue weighted by Gasteiger charge is 2.27. The fourth-order valence-corrected chi connectivity index (χ4v) is 2.37. The van der Waals surface area contributed by atoms with Crippen molar-refractivity contribution < 1.29 is 9.18 Å². The quantitative estimate of drug-likeness (QED) is 0.742. The Morgan fingerprint density at radius 2 is 2.12 bits per heavy atom. The molecule has 3 aromatic rings. The minimum Gasteiger partial charge on any atom is -0.377 e. The number of carbonyl (C=O) groups is 1. The maximum atomic E-state index is 14.3. The van der Waals surface area contributed by atoms with Gasteiger partial charge in [-0.1, -0.05) is 0 Å². The fraction of sp³-hybridized carbons (Fsp3) is 0.294. The molecule has 1 unspecified atom stereocenters. The van der Waals surface area contributed by atoms with E-state index in [0.29, 0.717) is 16.9 Å². The molecule has 0 radical (unpaired) electrons. The molecule has 0 saturated heterocycles. The Balaban J connectivity index is 2.15. The van der Waals surface area contributed by atoms with Crippen LogP contribution in [0.1, 0.15) is 31.1 Å². The minimum absolute atomic E-state index is 0.201. The largest absolute Gasteiger partial charge is 0.377 e. The van der Waals surface area contributed by atoms with Gasteiger partial charge in [0.1, 0.15) is 5.67 Å². The van der Waals surface area contributed by atoms with E-state index >= 15 is 0 Å². The van der Waals surface area contributed by atoms with E-state index in [1.54, 1.807) is 36.2 Å². The highest BCUT2D eigenvalue weighted by molar-refractivity contribution is 6.02. The van der Waals surface area contributed by atoms with E-state index in [2.05, 4.69) is 20.4 Å². The first kappa shape index (κ1) is 16.8. The first-order valence-corrected chi connectivity index (χ1v) is 7.80. The van der Waals surface area contributed by atoms with Crippen molar-refractivity contribution >= 4 is 17.1 Å². The summed E-state index contributed by atoms with van der Waals surface area (Å²) >= 11 is 0. The van der Waals surface area contributed by atoms with Crippen LogP contribution >= 0.6 is 0 Å². The van der Waals surface area contributed by atoms with Crippen LogP contribution in [0.2, 0.25) is 0 Å². The zero-order chi connectivity index (χ0) is 18.2. The van der Waals surface area contributed by atoms with Crippen LogP contribution in [0.15, 0.2) is 37.1 Å². The predicted molar refractivity (Wildman–Crippen MR) is 93.0 cm³/mol. The molecular formula is C17H19FN6O. The molecule has 0 bridgehead atoms. The zero-order valence-electron chi connectivity index (χ0n) is 14.2. The standard InChI is InChI=1S/C17H19FN6O/c1-10(17(2,3)18)23-15-12(16(19)25)7-22-24-9-11(6-14(15)24)13-8-20-4-5-21-13/h4-10,23H,1-3H3,(H2,19,25). The van der Waals surface area contributed by atoms with Gasteiger partial charge in [-0.15, -0.1) is 0 Å². The molecule has 25 heavy (non-hydrogen) atoms. The van der Waals surface area contributed by atoms with Crippen molar-refractivity contribution in [3.63, 3.8) is 0 Å². The molecule has 0 aliphatic rings. The summed E-state index contributed by atoms with van der Waals surface area (Å²) in [6.45, 7) is 4.64. The van der Waals surface area contributed by atoms with Crippen LogP contribution in [0.3, 0.4) is 0 Å². The Labute approximate surface area is 144 Å². The normalized spacial score (nSPS) is 13.0. The van der Waals surface area contributed by atoms with Crippen LogP contribution < -0.4 is 11.1 Å². The lowest BCUT2D eigenvalue weighted by Crippen LogP contribution is -2.36. The summed E-state index contributed by atoms with van der Waals surface area (Å²) in [7, 11) is 0. The zero-order valence-corrected chi connectivity index (χ0v) is 14.2. The van der Waals surface area contributed by atoms with Crippen LogP contribution in [0, 0.1) is 0 Å². The monoisotopic (exact) mass is 342 g/mol. The van der Waals surface area contributed by atoms with E-state index < -0.39 is 17.6 Å². The lowest BCUT2D eigenvalue weighted by Gasteiger charge is -2.26.